The molecule has 1 aliphatic rings. The second-order valence-electron chi connectivity index (χ2n) is 7.21. The number of rotatable bonds is 6. The fourth-order valence-corrected chi connectivity index (χ4v) is 3.81. The van der Waals surface area contributed by atoms with Crippen molar-refractivity contribution in [2.75, 3.05) is 38.0 Å². The van der Waals surface area contributed by atoms with Gasteiger partial charge in [-0.25, -0.2) is 0 Å². The number of carbonyl (C=O) groups excluding carboxylic acids is 3. The number of thioether (sulfide) groups is 1. The van der Waals surface area contributed by atoms with Crippen LogP contribution in [0.15, 0.2) is 47.4 Å². The Morgan fingerprint density at radius 3 is 2.39 bits per heavy atom. The van der Waals surface area contributed by atoms with Crippen LogP contribution in [0.25, 0.3) is 6.08 Å². The first kappa shape index (κ1) is 24.2. The van der Waals surface area contributed by atoms with E-state index in [4.69, 9.17) is 4.74 Å². The Balaban J connectivity index is 1.73. The van der Waals surface area contributed by atoms with Crippen molar-refractivity contribution in [3.05, 3.63) is 58.5 Å². The maximum atomic E-state index is 13.0. The second kappa shape index (κ2) is 9.57. The van der Waals surface area contributed by atoms with Gasteiger partial charge in [-0.1, -0.05) is 12.1 Å². The third kappa shape index (κ3) is 5.67. The molecule has 0 saturated carbocycles. The number of halogens is 3. The summed E-state index contributed by atoms with van der Waals surface area (Å²) in [5.41, 5.74) is 0.458. The number of amides is 3. The quantitative estimate of drug-likeness (QED) is 0.617. The van der Waals surface area contributed by atoms with Gasteiger partial charge in [0.2, 0.25) is 5.91 Å². The van der Waals surface area contributed by atoms with Crippen LogP contribution in [0.2, 0.25) is 0 Å². The van der Waals surface area contributed by atoms with E-state index in [1.807, 2.05) is 31.1 Å². The number of alkyl halides is 3. The van der Waals surface area contributed by atoms with Gasteiger partial charge in [0.15, 0.2) is 0 Å². The van der Waals surface area contributed by atoms with Crippen molar-refractivity contribution >= 4 is 46.3 Å². The molecule has 7 nitrogen and oxygen atoms in total. The average Bonchev–Trinajstić information content (AvgIpc) is 3.00. The van der Waals surface area contributed by atoms with Crippen LogP contribution in [0.1, 0.15) is 11.1 Å². The van der Waals surface area contributed by atoms with Crippen molar-refractivity contribution in [3.8, 4) is 5.75 Å². The molecular formula is C22H20F3N3O4S. The molecule has 0 aliphatic carbocycles. The lowest BCUT2D eigenvalue weighted by atomic mass is 10.1. The van der Waals surface area contributed by atoms with Crippen LogP contribution in [0.3, 0.4) is 0 Å². The van der Waals surface area contributed by atoms with Crippen LogP contribution >= 0.6 is 11.8 Å². The summed E-state index contributed by atoms with van der Waals surface area (Å²) in [4.78, 5) is 40.2. The van der Waals surface area contributed by atoms with Gasteiger partial charge in [0.05, 0.1) is 23.3 Å². The molecule has 3 amide bonds. The second-order valence-corrected chi connectivity index (χ2v) is 8.21. The molecule has 3 rings (SSSR count). The monoisotopic (exact) mass is 479 g/mol. The number of anilines is 2. The zero-order chi connectivity index (χ0) is 24.3. The first-order chi connectivity index (χ1) is 15.5. The highest BCUT2D eigenvalue weighted by molar-refractivity contribution is 8.18. The predicted molar refractivity (Wildman–Crippen MR) is 120 cm³/mol. The third-order valence-electron chi connectivity index (χ3n) is 4.68. The normalized spacial score (nSPS) is 15.2. The largest absolute Gasteiger partial charge is 0.495 e. The Morgan fingerprint density at radius 2 is 1.82 bits per heavy atom. The topological polar surface area (TPSA) is 79.0 Å². The molecule has 33 heavy (non-hydrogen) atoms. The van der Waals surface area contributed by atoms with Gasteiger partial charge >= 0.3 is 6.18 Å². The van der Waals surface area contributed by atoms with Crippen molar-refractivity contribution in [1.82, 2.24) is 4.90 Å². The first-order valence-corrected chi connectivity index (χ1v) is 10.4. The Morgan fingerprint density at radius 1 is 1.15 bits per heavy atom. The van der Waals surface area contributed by atoms with Crippen molar-refractivity contribution < 1.29 is 32.3 Å². The first-order valence-electron chi connectivity index (χ1n) is 9.57. The maximum absolute atomic E-state index is 13.0. The van der Waals surface area contributed by atoms with Gasteiger partial charge in [0.25, 0.3) is 11.1 Å². The zero-order valence-electron chi connectivity index (χ0n) is 17.9. The lowest BCUT2D eigenvalue weighted by Crippen LogP contribution is -2.36. The lowest BCUT2D eigenvalue weighted by molar-refractivity contribution is -0.137. The number of hydrogen-bond acceptors (Lipinski definition) is 6. The number of hydrogen-bond donors (Lipinski definition) is 1. The Hall–Kier alpha value is -3.47. The van der Waals surface area contributed by atoms with Crippen molar-refractivity contribution in [2.24, 2.45) is 0 Å². The van der Waals surface area contributed by atoms with Crippen LogP contribution in [0.4, 0.5) is 29.3 Å². The summed E-state index contributed by atoms with van der Waals surface area (Å²) < 4.78 is 44.0. The summed E-state index contributed by atoms with van der Waals surface area (Å²) in [6.45, 7) is -0.652. The van der Waals surface area contributed by atoms with Crippen LogP contribution in [-0.2, 0) is 15.8 Å². The summed E-state index contributed by atoms with van der Waals surface area (Å²) >= 11 is 0.684. The van der Waals surface area contributed by atoms with Crippen LogP contribution in [0.5, 0.6) is 5.75 Å². The number of benzene rings is 2. The van der Waals surface area contributed by atoms with E-state index in [-0.39, 0.29) is 16.3 Å². The number of carbonyl (C=O) groups is 3. The molecule has 0 spiro atoms. The molecule has 174 valence electrons. The highest BCUT2D eigenvalue weighted by Gasteiger charge is 2.36. The maximum Gasteiger partial charge on any atom is 0.416 e. The van der Waals surface area contributed by atoms with Gasteiger partial charge in [-0.05, 0) is 53.7 Å². The smallest absolute Gasteiger partial charge is 0.416 e. The molecule has 2 aromatic rings. The van der Waals surface area contributed by atoms with Crippen LogP contribution in [0, 0.1) is 0 Å². The van der Waals surface area contributed by atoms with Crippen molar-refractivity contribution in [2.45, 2.75) is 6.18 Å². The van der Waals surface area contributed by atoms with Gasteiger partial charge in [-0.2, -0.15) is 13.2 Å². The van der Waals surface area contributed by atoms with Gasteiger partial charge in [0, 0.05) is 19.8 Å². The third-order valence-corrected chi connectivity index (χ3v) is 5.59. The van der Waals surface area contributed by atoms with Crippen molar-refractivity contribution in [3.63, 3.8) is 0 Å². The van der Waals surface area contributed by atoms with E-state index in [1.165, 1.54) is 13.2 Å². The molecule has 0 atom stereocenters. The van der Waals surface area contributed by atoms with Gasteiger partial charge in [-0.3, -0.25) is 19.3 Å². The fraction of sp³-hybridized carbons (Fsp3) is 0.227. The van der Waals surface area contributed by atoms with Crippen LogP contribution in [-0.4, -0.2) is 49.7 Å². The standard InChI is InChI=1S/C22H20F3N3O4S/c1-27(2)15-7-4-13(5-8-15)10-18-20(30)28(21(31)33-18)12-19(29)26-16-11-14(22(23,24)25)6-9-17(16)32-3/h4-11H,12H2,1-3H3,(H,26,29)/b18-10-. The molecule has 1 N–H and O–H groups in total. The number of ether oxygens (including phenoxy) is 1. The molecule has 1 saturated heterocycles. The summed E-state index contributed by atoms with van der Waals surface area (Å²) in [6, 6.07) is 9.90. The van der Waals surface area contributed by atoms with E-state index in [9.17, 15) is 27.6 Å². The number of methoxy groups -OCH3 is 1. The van der Waals surface area contributed by atoms with E-state index in [0.717, 1.165) is 28.8 Å². The summed E-state index contributed by atoms with van der Waals surface area (Å²) in [5, 5.41) is 1.63. The minimum atomic E-state index is -4.62. The molecule has 1 fully saturated rings. The van der Waals surface area contributed by atoms with Gasteiger partial charge in [-0.15, -0.1) is 0 Å². The van der Waals surface area contributed by atoms with E-state index < -0.39 is 35.3 Å². The summed E-state index contributed by atoms with van der Waals surface area (Å²) in [7, 11) is 5.02. The summed E-state index contributed by atoms with van der Waals surface area (Å²) in [5.74, 6) is -1.49. The zero-order valence-corrected chi connectivity index (χ0v) is 18.7. The average molecular weight is 479 g/mol. The predicted octanol–water partition coefficient (Wildman–Crippen LogP) is 4.46. The minimum Gasteiger partial charge on any atom is -0.495 e. The Labute approximate surface area is 192 Å². The highest BCUT2D eigenvalue weighted by atomic mass is 32.2. The van der Waals surface area contributed by atoms with Crippen molar-refractivity contribution in [1.29, 1.82) is 0 Å². The van der Waals surface area contributed by atoms with E-state index in [2.05, 4.69) is 5.32 Å². The summed E-state index contributed by atoms with van der Waals surface area (Å²) in [6.07, 6.45) is -3.08. The molecule has 0 bridgehead atoms. The Kier molecular flexibility index (Phi) is 7.01. The molecular weight excluding hydrogens is 459 g/mol. The number of nitrogens with one attached hydrogen (secondary N) is 1. The fourth-order valence-electron chi connectivity index (χ4n) is 2.97. The van der Waals surface area contributed by atoms with E-state index in [1.54, 1.807) is 12.1 Å². The SMILES string of the molecule is COc1ccc(C(F)(F)F)cc1NC(=O)CN1C(=O)S/C(=C\c2ccc(N(C)C)cc2)C1=O. The van der Waals surface area contributed by atoms with Gasteiger partial charge < -0.3 is 15.0 Å². The molecule has 1 heterocycles. The molecule has 0 aromatic heterocycles. The lowest BCUT2D eigenvalue weighted by Gasteiger charge is -2.16. The Bertz CT molecular complexity index is 1110. The molecule has 2 aromatic carbocycles. The number of imide groups is 1. The molecule has 11 heteroatoms. The van der Waals surface area contributed by atoms with Crippen LogP contribution < -0.4 is 15.0 Å². The van der Waals surface area contributed by atoms with Gasteiger partial charge in [0.1, 0.15) is 12.3 Å². The van der Waals surface area contributed by atoms with E-state index in [0.29, 0.717) is 17.3 Å². The van der Waals surface area contributed by atoms with E-state index >= 15 is 0 Å². The highest BCUT2D eigenvalue weighted by Crippen LogP contribution is 2.35. The molecule has 1 aliphatic heterocycles. The number of nitrogens with zero attached hydrogens (tertiary/aromatic N) is 2. The minimum absolute atomic E-state index is 0.00607. The molecule has 0 radical (unpaired) electrons. The molecule has 0 unspecified atom stereocenters.